The number of aromatic amines is 1. The van der Waals surface area contributed by atoms with Gasteiger partial charge < -0.3 is 14.6 Å². The molecule has 4 rings (SSSR count). The zero-order chi connectivity index (χ0) is 23.2. The van der Waals surface area contributed by atoms with Gasteiger partial charge in [0.1, 0.15) is 11.6 Å². The average Bonchev–Trinajstić information content (AvgIpc) is 2.81. The largest absolute Gasteiger partial charge is 0.493 e. The van der Waals surface area contributed by atoms with Crippen LogP contribution in [0.2, 0.25) is 5.02 Å². The fourth-order valence-electron chi connectivity index (χ4n) is 3.86. The van der Waals surface area contributed by atoms with E-state index in [2.05, 4.69) is 9.97 Å². The van der Waals surface area contributed by atoms with Crippen LogP contribution in [0.5, 0.6) is 5.75 Å². The smallest absolute Gasteiger partial charge is 0.258 e. The highest BCUT2D eigenvalue weighted by Crippen LogP contribution is 2.25. The Morgan fingerprint density at radius 3 is 2.76 bits per heavy atom. The Bertz CT molecular complexity index is 1330. The van der Waals surface area contributed by atoms with Crippen LogP contribution < -0.4 is 10.3 Å². The summed E-state index contributed by atoms with van der Waals surface area (Å²) in [6.45, 7) is 3.29. The lowest BCUT2D eigenvalue weighted by Crippen LogP contribution is -2.32. The van der Waals surface area contributed by atoms with Gasteiger partial charge >= 0.3 is 0 Å². The lowest BCUT2D eigenvalue weighted by Gasteiger charge is -2.22. The molecule has 0 aliphatic rings. The molecule has 7 heteroatoms. The summed E-state index contributed by atoms with van der Waals surface area (Å²) in [6.07, 6.45) is 1.76. The fourth-order valence-corrected chi connectivity index (χ4v) is 4.03. The number of benzene rings is 3. The molecule has 1 aromatic heterocycles. The second kappa shape index (κ2) is 10.5. The van der Waals surface area contributed by atoms with E-state index >= 15 is 0 Å². The summed E-state index contributed by atoms with van der Waals surface area (Å²) in [7, 11) is 0. The van der Waals surface area contributed by atoms with Gasteiger partial charge in [-0.25, -0.2) is 4.98 Å². The van der Waals surface area contributed by atoms with E-state index in [1.54, 1.807) is 23.1 Å². The maximum Gasteiger partial charge on any atom is 0.258 e. The van der Waals surface area contributed by atoms with Crippen LogP contribution in [0.3, 0.4) is 0 Å². The van der Waals surface area contributed by atoms with E-state index in [-0.39, 0.29) is 18.0 Å². The quantitative estimate of drug-likeness (QED) is 0.340. The van der Waals surface area contributed by atoms with Crippen molar-refractivity contribution in [3.05, 3.63) is 81.9 Å². The Hall–Kier alpha value is -3.38. The highest BCUT2D eigenvalue weighted by Gasteiger charge is 2.15. The number of nitrogens with one attached hydrogen (secondary N) is 1. The zero-order valence-corrected chi connectivity index (χ0v) is 19.3. The number of hydrogen-bond acceptors (Lipinski definition) is 4. The van der Waals surface area contributed by atoms with Gasteiger partial charge in [-0.1, -0.05) is 54.9 Å². The minimum Gasteiger partial charge on any atom is -0.493 e. The van der Waals surface area contributed by atoms with Crippen molar-refractivity contribution in [1.29, 1.82) is 0 Å². The van der Waals surface area contributed by atoms with Crippen molar-refractivity contribution in [3.63, 3.8) is 0 Å². The van der Waals surface area contributed by atoms with Gasteiger partial charge in [0.2, 0.25) is 5.91 Å². The van der Waals surface area contributed by atoms with Gasteiger partial charge in [0.15, 0.2) is 0 Å². The van der Waals surface area contributed by atoms with Crippen molar-refractivity contribution in [2.24, 2.45) is 0 Å². The Morgan fingerprint density at radius 1 is 1.09 bits per heavy atom. The molecule has 1 amide bonds. The highest BCUT2D eigenvalue weighted by molar-refractivity contribution is 6.31. The number of amides is 1. The Balaban J connectivity index is 1.38. The summed E-state index contributed by atoms with van der Waals surface area (Å²) in [5.41, 5.74) is 0.285. The number of ether oxygens (including phenoxy) is 1. The van der Waals surface area contributed by atoms with Crippen molar-refractivity contribution in [3.8, 4) is 5.75 Å². The van der Waals surface area contributed by atoms with Gasteiger partial charge in [0, 0.05) is 23.4 Å². The van der Waals surface area contributed by atoms with Crippen LogP contribution in [-0.4, -0.2) is 33.9 Å². The van der Waals surface area contributed by atoms with Crippen molar-refractivity contribution >= 4 is 39.2 Å². The number of hydrogen-bond donors (Lipinski definition) is 1. The molecule has 0 bridgehead atoms. The average molecular weight is 464 g/mol. The number of fused-ring (bicyclic) bond motifs is 2. The van der Waals surface area contributed by atoms with Gasteiger partial charge in [-0.15, -0.1) is 0 Å². The topological polar surface area (TPSA) is 75.3 Å². The first-order valence-electron chi connectivity index (χ1n) is 11.1. The summed E-state index contributed by atoms with van der Waals surface area (Å²) in [5, 5.41) is 3.17. The minimum absolute atomic E-state index is 0.00668. The van der Waals surface area contributed by atoms with Crippen LogP contribution in [0.15, 0.2) is 65.5 Å². The van der Waals surface area contributed by atoms with Gasteiger partial charge in [-0.2, -0.15) is 0 Å². The minimum atomic E-state index is -0.237. The number of halogens is 1. The lowest BCUT2D eigenvalue weighted by molar-refractivity contribution is -0.132. The third kappa shape index (κ3) is 5.52. The highest BCUT2D eigenvalue weighted by atomic mass is 35.5. The molecule has 33 heavy (non-hydrogen) atoms. The van der Waals surface area contributed by atoms with Crippen LogP contribution in [0, 0.1) is 0 Å². The third-order valence-electron chi connectivity index (χ3n) is 5.45. The van der Waals surface area contributed by atoms with E-state index in [4.69, 9.17) is 16.3 Å². The molecule has 4 aromatic rings. The molecule has 1 heterocycles. The molecule has 0 atom stereocenters. The molecule has 1 N–H and O–H groups in total. The van der Waals surface area contributed by atoms with Gasteiger partial charge in [-0.3, -0.25) is 9.59 Å². The summed E-state index contributed by atoms with van der Waals surface area (Å²) in [6, 6.07) is 19.0. The first kappa shape index (κ1) is 22.8. The standard InChI is InChI=1S/C26H26ClN3O3/c1-2-14-30(17-24-28-22-16-19(27)12-13-21(22)26(32)29-24)25(31)11-6-15-33-23-10-5-8-18-7-3-4-9-20(18)23/h3-5,7-10,12-13,16H,2,6,11,14-15,17H2,1H3,(H,28,29,32). The SMILES string of the molecule is CCCN(Cc1nc2cc(Cl)ccc2c(=O)[nH]1)C(=O)CCCOc1cccc2ccccc12. The molecule has 0 fully saturated rings. The maximum absolute atomic E-state index is 12.9. The normalized spacial score (nSPS) is 11.1. The molecule has 0 radical (unpaired) electrons. The number of carbonyl (C=O) groups is 1. The Kier molecular flexibility index (Phi) is 7.25. The number of nitrogens with zero attached hydrogens (tertiary/aromatic N) is 2. The van der Waals surface area contributed by atoms with Crippen LogP contribution in [0.1, 0.15) is 32.0 Å². The number of carbonyl (C=O) groups excluding carboxylic acids is 1. The predicted molar refractivity (Wildman–Crippen MR) is 132 cm³/mol. The zero-order valence-electron chi connectivity index (χ0n) is 18.5. The molecule has 3 aromatic carbocycles. The number of H-pyrrole nitrogens is 1. The van der Waals surface area contributed by atoms with Crippen LogP contribution in [0.25, 0.3) is 21.7 Å². The first-order valence-corrected chi connectivity index (χ1v) is 11.5. The summed E-state index contributed by atoms with van der Waals surface area (Å²) in [5.74, 6) is 1.28. The van der Waals surface area contributed by atoms with Gasteiger partial charge in [0.05, 0.1) is 24.1 Å². The van der Waals surface area contributed by atoms with E-state index in [9.17, 15) is 9.59 Å². The van der Waals surface area contributed by atoms with E-state index < -0.39 is 0 Å². The molecular formula is C26H26ClN3O3. The monoisotopic (exact) mass is 463 g/mol. The van der Waals surface area contributed by atoms with Crippen LogP contribution in [-0.2, 0) is 11.3 Å². The Morgan fingerprint density at radius 2 is 1.91 bits per heavy atom. The molecule has 0 unspecified atom stereocenters. The summed E-state index contributed by atoms with van der Waals surface area (Å²) in [4.78, 5) is 34.3. The molecule has 0 spiro atoms. The molecular weight excluding hydrogens is 438 g/mol. The molecule has 0 saturated heterocycles. The van der Waals surface area contributed by atoms with E-state index in [1.807, 2.05) is 49.4 Å². The fraction of sp³-hybridized carbons (Fsp3) is 0.269. The van der Waals surface area contributed by atoms with E-state index in [1.165, 1.54) is 0 Å². The summed E-state index contributed by atoms with van der Waals surface area (Å²) >= 11 is 6.05. The molecule has 170 valence electrons. The first-order chi connectivity index (χ1) is 16.0. The van der Waals surface area contributed by atoms with Crippen molar-refractivity contribution in [2.45, 2.75) is 32.7 Å². The van der Waals surface area contributed by atoms with Gasteiger partial charge in [0.25, 0.3) is 5.56 Å². The molecule has 0 aliphatic heterocycles. The van der Waals surface area contributed by atoms with Crippen LogP contribution >= 0.6 is 11.6 Å². The second-order valence-corrected chi connectivity index (χ2v) is 8.36. The molecule has 6 nitrogen and oxygen atoms in total. The van der Waals surface area contributed by atoms with Crippen molar-refractivity contribution < 1.29 is 9.53 Å². The van der Waals surface area contributed by atoms with E-state index in [0.29, 0.717) is 47.7 Å². The third-order valence-corrected chi connectivity index (χ3v) is 5.68. The predicted octanol–water partition coefficient (Wildman–Crippen LogP) is 5.33. The maximum atomic E-state index is 12.9. The summed E-state index contributed by atoms with van der Waals surface area (Å²) < 4.78 is 5.96. The van der Waals surface area contributed by atoms with E-state index in [0.717, 1.165) is 22.9 Å². The molecule has 0 aliphatic carbocycles. The number of rotatable bonds is 9. The molecule has 0 saturated carbocycles. The van der Waals surface area contributed by atoms with Crippen molar-refractivity contribution in [1.82, 2.24) is 14.9 Å². The van der Waals surface area contributed by atoms with Crippen molar-refractivity contribution in [2.75, 3.05) is 13.2 Å². The van der Waals surface area contributed by atoms with Gasteiger partial charge in [-0.05, 0) is 42.5 Å². The lowest BCUT2D eigenvalue weighted by atomic mass is 10.1. The van der Waals surface area contributed by atoms with Crippen LogP contribution in [0.4, 0.5) is 0 Å². The Labute approximate surface area is 197 Å². The second-order valence-electron chi connectivity index (χ2n) is 7.92. The number of aromatic nitrogens is 2.